The number of hydrogen-bond acceptors (Lipinski definition) is 13. The Morgan fingerprint density at radius 2 is 1.58 bits per heavy atom. The van der Waals surface area contributed by atoms with E-state index >= 15 is 0 Å². The van der Waals surface area contributed by atoms with Crippen molar-refractivity contribution in [3.63, 3.8) is 0 Å². The van der Waals surface area contributed by atoms with Gasteiger partial charge in [0.25, 0.3) is 0 Å². The minimum absolute atomic E-state index is 0.00965. The molecule has 0 aliphatic carbocycles. The molecule has 0 amide bonds. The molecule has 3 unspecified atom stereocenters. The normalized spacial score (nSPS) is 22.2. The summed E-state index contributed by atoms with van der Waals surface area (Å²) in [6.07, 6.45) is -6.08. The van der Waals surface area contributed by atoms with E-state index in [-0.39, 0.29) is 22.6 Å². The molecule has 2 heterocycles. The average Bonchev–Trinajstić information content (AvgIpc) is 2.97. The van der Waals surface area contributed by atoms with E-state index in [4.69, 9.17) is 13.9 Å². The molecule has 1 aromatic heterocycles. The Kier molecular flexibility index (Phi) is 7.98. The maximum Gasteiger partial charge on any atom is 0.331 e. The molecule has 1 fully saturated rings. The topological polar surface area (TPSA) is 228 Å². The zero-order valence-corrected chi connectivity index (χ0v) is 22.1. The van der Waals surface area contributed by atoms with Crippen LogP contribution >= 0.6 is 0 Å². The van der Waals surface area contributed by atoms with Crippen molar-refractivity contribution >= 4 is 23.0 Å². The van der Waals surface area contributed by atoms with Crippen molar-refractivity contribution in [3.8, 4) is 40.1 Å². The third kappa shape index (κ3) is 5.69. The lowest BCUT2D eigenvalue weighted by molar-refractivity contribution is -0.239. The Hall–Kier alpha value is -5.08. The standard InChI is InChI=1S/C30H26O13/c31-12-22-26(39)27(40)30(43-23(38)8-3-13-1-5-15(32)6-2-13)29(42-22)25-19(36)10-18(35)24-20(37)11-21(41-28(24)25)14-4-7-16(33)17(34)9-14/h1-11,22,26-27,29-36,39-40H,12H2/b8-3+/t22?,26?,27-,29?,30+/m0/s1. The van der Waals surface area contributed by atoms with E-state index in [0.29, 0.717) is 5.56 Å². The minimum atomic E-state index is -1.87. The highest BCUT2D eigenvalue weighted by Crippen LogP contribution is 2.45. The van der Waals surface area contributed by atoms with Crippen LogP contribution in [-0.4, -0.2) is 77.8 Å². The third-order valence-corrected chi connectivity index (χ3v) is 6.97. The SMILES string of the molecule is O=C(/C=C/c1ccc(O)cc1)O[C@H]1C(c2c(O)cc(O)c3c(=O)cc(-c4ccc(O)c(O)c4)oc23)OC(CO)C(O)[C@@H]1O. The monoisotopic (exact) mass is 594 g/mol. The quantitative estimate of drug-likeness (QED) is 0.0905. The van der Waals surface area contributed by atoms with E-state index in [0.717, 1.165) is 30.3 Å². The summed E-state index contributed by atoms with van der Waals surface area (Å²) >= 11 is 0. The van der Waals surface area contributed by atoms with Crippen molar-refractivity contribution in [3.05, 3.63) is 82.0 Å². The van der Waals surface area contributed by atoms with Gasteiger partial charge in [0, 0.05) is 23.8 Å². The maximum absolute atomic E-state index is 13.1. The van der Waals surface area contributed by atoms with E-state index < -0.39 is 82.5 Å². The summed E-state index contributed by atoms with van der Waals surface area (Å²) in [7, 11) is 0. The molecule has 0 radical (unpaired) electrons. The van der Waals surface area contributed by atoms with Crippen LogP contribution < -0.4 is 5.43 Å². The van der Waals surface area contributed by atoms with Crippen LogP contribution in [-0.2, 0) is 14.3 Å². The average molecular weight is 595 g/mol. The van der Waals surface area contributed by atoms with Crippen molar-refractivity contribution in [2.45, 2.75) is 30.5 Å². The molecule has 0 saturated carbocycles. The lowest BCUT2D eigenvalue weighted by Crippen LogP contribution is -2.56. The van der Waals surface area contributed by atoms with E-state index in [1.807, 2.05) is 0 Å². The fraction of sp³-hybridized carbons (Fsp3) is 0.200. The highest BCUT2D eigenvalue weighted by molar-refractivity contribution is 5.90. The number of phenolic OH excluding ortho intramolecular Hbond substituents is 5. The molecule has 13 heteroatoms. The van der Waals surface area contributed by atoms with E-state index in [9.17, 15) is 50.4 Å². The van der Waals surface area contributed by atoms with Gasteiger partial charge in [0.05, 0.1) is 12.2 Å². The molecule has 13 nitrogen and oxygen atoms in total. The van der Waals surface area contributed by atoms with Crippen LogP contribution in [0, 0.1) is 0 Å². The predicted molar refractivity (Wildman–Crippen MR) is 148 cm³/mol. The van der Waals surface area contributed by atoms with Gasteiger partial charge in [0.2, 0.25) is 0 Å². The molecule has 0 bridgehead atoms. The third-order valence-electron chi connectivity index (χ3n) is 6.97. The van der Waals surface area contributed by atoms with Gasteiger partial charge in [0.15, 0.2) is 28.6 Å². The summed E-state index contributed by atoms with van der Waals surface area (Å²) in [6.45, 7) is -0.797. The Bertz CT molecular complexity index is 1760. The van der Waals surface area contributed by atoms with Gasteiger partial charge in [-0.05, 0) is 42.0 Å². The molecule has 1 aliphatic heterocycles. The zero-order valence-electron chi connectivity index (χ0n) is 22.1. The molecule has 0 spiro atoms. The summed E-state index contributed by atoms with van der Waals surface area (Å²) in [5, 5.41) is 81.4. The van der Waals surface area contributed by atoms with Crippen molar-refractivity contribution in [2.24, 2.45) is 0 Å². The first kappa shape index (κ1) is 29.4. The van der Waals surface area contributed by atoms with Crippen LogP contribution in [0.4, 0.5) is 0 Å². The Labute approximate surface area is 242 Å². The molecule has 1 aliphatic rings. The lowest BCUT2D eigenvalue weighted by atomic mass is 9.89. The summed E-state index contributed by atoms with van der Waals surface area (Å²) in [5.41, 5.74) is -0.955. The molecule has 5 atom stereocenters. The van der Waals surface area contributed by atoms with Crippen LogP contribution in [0.2, 0.25) is 0 Å². The lowest BCUT2D eigenvalue weighted by Gasteiger charge is -2.41. The fourth-order valence-electron chi connectivity index (χ4n) is 4.79. The highest BCUT2D eigenvalue weighted by Gasteiger charge is 2.49. The molecule has 224 valence electrons. The maximum atomic E-state index is 13.1. The largest absolute Gasteiger partial charge is 0.508 e. The molecule has 5 rings (SSSR count). The minimum Gasteiger partial charge on any atom is -0.508 e. The van der Waals surface area contributed by atoms with Crippen LogP contribution in [0.3, 0.4) is 0 Å². The number of hydrogen-bond donors (Lipinski definition) is 8. The summed E-state index contributed by atoms with van der Waals surface area (Å²) in [4.78, 5) is 25.9. The Balaban J connectivity index is 1.62. The van der Waals surface area contributed by atoms with E-state index in [1.165, 1.54) is 36.4 Å². The number of aliphatic hydroxyl groups excluding tert-OH is 3. The number of fused-ring (bicyclic) bond motifs is 1. The number of aromatic hydroxyl groups is 5. The molecule has 1 saturated heterocycles. The summed E-state index contributed by atoms with van der Waals surface area (Å²) in [6, 6.07) is 11.2. The van der Waals surface area contributed by atoms with Crippen molar-refractivity contribution in [2.75, 3.05) is 6.61 Å². The van der Waals surface area contributed by atoms with Gasteiger partial charge in [-0.15, -0.1) is 0 Å². The van der Waals surface area contributed by atoms with Gasteiger partial charge >= 0.3 is 5.97 Å². The number of carbonyl (C=O) groups is 1. The number of benzene rings is 3. The predicted octanol–water partition coefficient (Wildman–Crippen LogP) is 1.77. The van der Waals surface area contributed by atoms with E-state index in [1.54, 1.807) is 0 Å². The van der Waals surface area contributed by atoms with Crippen LogP contribution in [0.1, 0.15) is 17.2 Å². The smallest absolute Gasteiger partial charge is 0.331 e. The zero-order chi connectivity index (χ0) is 31.0. The molecule has 43 heavy (non-hydrogen) atoms. The van der Waals surface area contributed by atoms with Crippen molar-refractivity contribution < 1.29 is 59.5 Å². The Morgan fingerprint density at radius 3 is 2.26 bits per heavy atom. The molecular formula is C30H26O13. The highest BCUT2D eigenvalue weighted by atomic mass is 16.6. The van der Waals surface area contributed by atoms with Gasteiger partial charge in [-0.1, -0.05) is 12.1 Å². The second-order valence-corrected chi connectivity index (χ2v) is 9.80. The number of carbonyl (C=O) groups excluding carboxylic acids is 1. The van der Waals surface area contributed by atoms with E-state index in [2.05, 4.69) is 0 Å². The van der Waals surface area contributed by atoms with Crippen molar-refractivity contribution in [1.29, 1.82) is 0 Å². The number of rotatable bonds is 6. The van der Waals surface area contributed by atoms with Crippen molar-refractivity contribution in [1.82, 2.24) is 0 Å². The number of aliphatic hydroxyl groups is 3. The molecule has 8 N–H and O–H groups in total. The van der Waals surface area contributed by atoms with Crippen LogP contribution in [0.15, 0.2) is 69.9 Å². The van der Waals surface area contributed by atoms with Crippen LogP contribution in [0.5, 0.6) is 28.7 Å². The van der Waals surface area contributed by atoms with Crippen LogP contribution in [0.25, 0.3) is 28.4 Å². The number of phenols is 5. The molecule has 3 aromatic carbocycles. The first-order valence-electron chi connectivity index (χ1n) is 12.8. The van der Waals surface area contributed by atoms with Gasteiger partial charge in [-0.3, -0.25) is 4.79 Å². The first-order valence-corrected chi connectivity index (χ1v) is 12.8. The fourth-order valence-corrected chi connectivity index (χ4v) is 4.79. The molecule has 4 aromatic rings. The number of esters is 1. The summed E-state index contributed by atoms with van der Waals surface area (Å²) < 4.78 is 17.1. The first-order chi connectivity index (χ1) is 20.5. The summed E-state index contributed by atoms with van der Waals surface area (Å²) in [5.74, 6) is -3.51. The molecular weight excluding hydrogens is 568 g/mol. The van der Waals surface area contributed by atoms with Gasteiger partial charge in [-0.25, -0.2) is 4.79 Å². The van der Waals surface area contributed by atoms with Gasteiger partial charge in [0.1, 0.15) is 52.8 Å². The Morgan fingerprint density at radius 1 is 0.860 bits per heavy atom. The second-order valence-electron chi connectivity index (χ2n) is 9.80. The van der Waals surface area contributed by atoms with Gasteiger partial charge < -0.3 is 54.7 Å². The number of ether oxygens (including phenoxy) is 2. The second kappa shape index (κ2) is 11.7. The van der Waals surface area contributed by atoms with Gasteiger partial charge in [-0.2, -0.15) is 0 Å².